The summed E-state index contributed by atoms with van der Waals surface area (Å²) >= 11 is 0. The summed E-state index contributed by atoms with van der Waals surface area (Å²) in [5.74, 6) is -2.74. The molecule has 0 saturated carbocycles. The monoisotopic (exact) mass is 378 g/mol. The van der Waals surface area contributed by atoms with Gasteiger partial charge in [0.1, 0.15) is 29.2 Å². The van der Waals surface area contributed by atoms with Crippen LogP contribution >= 0.6 is 0 Å². The number of ether oxygens (including phenoxy) is 1. The first-order chi connectivity index (χ1) is 13.5. The Hall–Kier alpha value is -3.80. The summed E-state index contributed by atoms with van der Waals surface area (Å²) in [6, 6.07) is 15.9. The van der Waals surface area contributed by atoms with Crippen molar-refractivity contribution in [3.8, 4) is 16.9 Å². The van der Waals surface area contributed by atoms with Gasteiger partial charge in [-0.1, -0.05) is 30.3 Å². The lowest BCUT2D eigenvalue weighted by atomic mass is 10.1. The lowest BCUT2D eigenvalue weighted by Gasteiger charge is -2.07. The zero-order valence-corrected chi connectivity index (χ0v) is 14.3. The molecule has 0 aliphatic rings. The average Bonchev–Trinajstić information content (AvgIpc) is 2.69. The SMILES string of the molecule is O=C(Oc1ccc2c(=O)c(-c3ccccc3)coc2c1)c1ccc(F)cc1F. The summed E-state index contributed by atoms with van der Waals surface area (Å²) in [4.78, 5) is 24.8. The Labute approximate surface area is 157 Å². The first kappa shape index (κ1) is 17.6. The molecule has 4 aromatic rings. The molecule has 0 spiro atoms. The van der Waals surface area contributed by atoms with E-state index in [0.717, 1.165) is 17.7 Å². The molecule has 0 aliphatic carbocycles. The van der Waals surface area contributed by atoms with Gasteiger partial charge in [0.2, 0.25) is 0 Å². The van der Waals surface area contributed by atoms with Crippen LogP contribution in [0, 0.1) is 11.6 Å². The highest BCUT2D eigenvalue weighted by atomic mass is 19.1. The van der Waals surface area contributed by atoms with Gasteiger partial charge in [0.15, 0.2) is 5.43 Å². The van der Waals surface area contributed by atoms with Gasteiger partial charge in [-0.15, -0.1) is 0 Å². The van der Waals surface area contributed by atoms with Crippen LogP contribution < -0.4 is 10.2 Å². The van der Waals surface area contributed by atoms with Gasteiger partial charge in [0.25, 0.3) is 0 Å². The molecule has 0 unspecified atom stereocenters. The number of carbonyl (C=O) groups excluding carboxylic acids is 1. The smallest absolute Gasteiger partial charge is 0.346 e. The molecule has 1 heterocycles. The molecule has 0 saturated heterocycles. The zero-order valence-electron chi connectivity index (χ0n) is 14.3. The second kappa shape index (κ2) is 7.08. The number of hydrogen-bond acceptors (Lipinski definition) is 4. The molecule has 138 valence electrons. The Bertz CT molecular complexity index is 1250. The first-order valence-corrected chi connectivity index (χ1v) is 8.31. The zero-order chi connectivity index (χ0) is 19.7. The van der Waals surface area contributed by atoms with Crippen molar-refractivity contribution in [2.24, 2.45) is 0 Å². The molecular weight excluding hydrogens is 366 g/mol. The Balaban J connectivity index is 1.67. The van der Waals surface area contributed by atoms with Gasteiger partial charge in [-0.05, 0) is 29.8 Å². The summed E-state index contributed by atoms with van der Waals surface area (Å²) in [5, 5.41) is 0.314. The quantitative estimate of drug-likeness (QED) is 0.374. The van der Waals surface area contributed by atoms with Gasteiger partial charge in [0, 0.05) is 12.1 Å². The van der Waals surface area contributed by atoms with E-state index in [-0.39, 0.29) is 16.8 Å². The molecule has 0 aliphatic heterocycles. The van der Waals surface area contributed by atoms with E-state index in [0.29, 0.717) is 17.0 Å². The van der Waals surface area contributed by atoms with Gasteiger partial charge < -0.3 is 9.15 Å². The lowest BCUT2D eigenvalue weighted by molar-refractivity contribution is 0.0730. The summed E-state index contributed by atoms with van der Waals surface area (Å²) < 4.78 is 37.3. The molecule has 6 heteroatoms. The van der Waals surface area contributed by atoms with Crippen LogP contribution in [0.5, 0.6) is 5.75 Å². The van der Waals surface area contributed by atoms with Crippen molar-refractivity contribution >= 4 is 16.9 Å². The number of rotatable bonds is 3. The second-order valence-corrected chi connectivity index (χ2v) is 6.02. The maximum absolute atomic E-state index is 13.7. The van der Waals surface area contributed by atoms with Crippen LogP contribution in [-0.4, -0.2) is 5.97 Å². The Morgan fingerprint density at radius 2 is 1.71 bits per heavy atom. The number of halogens is 2. The van der Waals surface area contributed by atoms with Gasteiger partial charge in [-0.3, -0.25) is 4.79 Å². The van der Waals surface area contributed by atoms with Gasteiger partial charge in [-0.2, -0.15) is 0 Å². The third-order valence-corrected chi connectivity index (χ3v) is 4.19. The predicted octanol–water partition coefficient (Wildman–Crippen LogP) is 4.96. The van der Waals surface area contributed by atoms with Gasteiger partial charge in [-0.25, -0.2) is 13.6 Å². The van der Waals surface area contributed by atoms with Crippen molar-refractivity contribution in [3.05, 3.63) is 100 Å². The maximum Gasteiger partial charge on any atom is 0.346 e. The molecule has 0 amide bonds. The van der Waals surface area contributed by atoms with E-state index in [1.807, 2.05) is 18.2 Å². The standard InChI is InChI=1S/C22H12F2O4/c23-14-6-8-16(19(24)10-14)22(26)28-15-7-9-17-20(11-15)27-12-18(21(17)25)13-4-2-1-3-5-13/h1-12H. The van der Waals surface area contributed by atoms with Crippen LogP contribution in [0.1, 0.15) is 10.4 Å². The highest BCUT2D eigenvalue weighted by Crippen LogP contribution is 2.24. The predicted molar refractivity (Wildman–Crippen MR) is 99.2 cm³/mol. The van der Waals surface area contributed by atoms with E-state index < -0.39 is 23.2 Å². The molecule has 3 aromatic carbocycles. The van der Waals surface area contributed by atoms with Crippen LogP contribution in [0.15, 0.2) is 82.2 Å². The number of fused-ring (bicyclic) bond motifs is 1. The normalized spacial score (nSPS) is 10.8. The van der Waals surface area contributed by atoms with Crippen molar-refractivity contribution in [1.29, 1.82) is 0 Å². The van der Waals surface area contributed by atoms with E-state index in [2.05, 4.69) is 0 Å². The molecule has 0 N–H and O–H groups in total. The van der Waals surface area contributed by atoms with E-state index in [1.54, 1.807) is 12.1 Å². The Kier molecular flexibility index (Phi) is 4.45. The second-order valence-electron chi connectivity index (χ2n) is 6.02. The van der Waals surface area contributed by atoms with Crippen molar-refractivity contribution in [3.63, 3.8) is 0 Å². The fraction of sp³-hybridized carbons (Fsp3) is 0. The highest BCUT2D eigenvalue weighted by molar-refractivity contribution is 5.92. The van der Waals surface area contributed by atoms with Crippen LogP contribution in [0.3, 0.4) is 0 Å². The third-order valence-electron chi connectivity index (χ3n) is 4.19. The largest absolute Gasteiger partial charge is 0.463 e. The van der Waals surface area contributed by atoms with Crippen LogP contribution in [0.25, 0.3) is 22.1 Å². The fourth-order valence-corrected chi connectivity index (χ4v) is 2.81. The van der Waals surface area contributed by atoms with Crippen LogP contribution in [0.2, 0.25) is 0 Å². The van der Waals surface area contributed by atoms with E-state index in [4.69, 9.17) is 9.15 Å². The number of carbonyl (C=O) groups is 1. The van der Waals surface area contributed by atoms with Crippen LogP contribution in [-0.2, 0) is 0 Å². The third kappa shape index (κ3) is 3.27. The van der Waals surface area contributed by atoms with Gasteiger partial charge >= 0.3 is 5.97 Å². The topological polar surface area (TPSA) is 56.5 Å². The van der Waals surface area contributed by atoms with E-state index in [9.17, 15) is 18.4 Å². The molecule has 0 radical (unpaired) electrons. The highest BCUT2D eigenvalue weighted by Gasteiger charge is 2.16. The molecule has 1 aromatic heterocycles. The van der Waals surface area contributed by atoms with Crippen molar-refractivity contribution < 1.29 is 22.7 Å². The summed E-state index contributed by atoms with van der Waals surface area (Å²) in [6.45, 7) is 0. The molecule has 0 fully saturated rings. The summed E-state index contributed by atoms with van der Waals surface area (Å²) in [6.07, 6.45) is 1.34. The average molecular weight is 378 g/mol. The molecule has 28 heavy (non-hydrogen) atoms. The molecule has 0 bridgehead atoms. The van der Waals surface area contributed by atoms with Crippen molar-refractivity contribution in [1.82, 2.24) is 0 Å². The minimum absolute atomic E-state index is 0.0665. The number of benzene rings is 3. The molecule has 4 rings (SSSR count). The molecular formula is C22H12F2O4. The maximum atomic E-state index is 13.7. The fourth-order valence-electron chi connectivity index (χ4n) is 2.81. The lowest BCUT2D eigenvalue weighted by Crippen LogP contribution is -2.11. The minimum atomic E-state index is -1.02. The van der Waals surface area contributed by atoms with Crippen LogP contribution in [0.4, 0.5) is 8.78 Å². The van der Waals surface area contributed by atoms with E-state index >= 15 is 0 Å². The summed E-state index contributed by atoms with van der Waals surface area (Å²) in [5.41, 5.74) is 0.721. The van der Waals surface area contributed by atoms with Crippen molar-refractivity contribution in [2.45, 2.75) is 0 Å². The minimum Gasteiger partial charge on any atom is -0.463 e. The Morgan fingerprint density at radius 3 is 2.46 bits per heavy atom. The van der Waals surface area contributed by atoms with Crippen molar-refractivity contribution in [2.75, 3.05) is 0 Å². The molecule has 4 nitrogen and oxygen atoms in total. The number of hydrogen-bond donors (Lipinski definition) is 0. The molecule has 0 atom stereocenters. The first-order valence-electron chi connectivity index (χ1n) is 8.31. The summed E-state index contributed by atoms with van der Waals surface area (Å²) in [7, 11) is 0. The Morgan fingerprint density at radius 1 is 0.929 bits per heavy atom. The number of esters is 1. The van der Waals surface area contributed by atoms with Gasteiger partial charge in [0.05, 0.1) is 16.5 Å². The van der Waals surface area contributed by atoms with E-state index in [1.165, 1.54) is 24.5 Å².